The molecule has 0 spiro atoms. The Kier molecular flexibility index (Phi) is 4.69. The van der Waals surface area contributed by atoms with Crippen LogP contribution in [0.5, 0.6) is 0 Å². The zero-order valence-electron chi connectivity index (χ0n) is 16.3. The predicted octanol–water partition coefficient (Wildman–Crippen LogP) is 5.38. The number of fused-ring (bicyclic) bond motifs is 1. The van der Waals surface area contributed by atoms with E-state index >= 15 is 0 Å². The number of benzene rings is 3. The van der Waals surface area contributed by atoms with Crippen molar-refractivity contribution in [2.75, 3.05) is 4.90 Å². The van der Waals surface area contributed by atoms with E-state index in [-0.39, 0.29) is 5.91 Å². The largest absolute Gasteiger partial charge is 0.271 e. The van der Waals surface area contributed by atoms with E-state index in [1.165, 1.54) is 11.8 Å². The van der Waals surface area contributed by atoms with Crippen molar-refractivity contribution in [2.24, 2.45) is 12.0 Å². The summed E-state index contributed by atoms with van der Waals surface area (Å²) in [5, 5.41) is 5.98. The van der Waals surface area contributed by atoms with Crippen LogP contribution < -0.4 is 4.90 Å². The highest BCUT2D eigenvalue weighted by molar-refractivity contribution is 8.19. The summed E-state index contributed by atoms with van der Waals surface area (Å²) in [6.45, 7) is 0. The van der Waals surface area contributed by atoms with E-state index in [2.05, 4.69) is 5.10 Å². The van der Waals surface area contributed by atoms with Crippen molar-refractivity contribution in [3.05, 3.63) is 95.5 Å². The lowest BCUT2D eigenvalue weighted by Crippen LogP contribution is -2.28. The Labute approximate surface area is 178 Å². The number of thioether (sulfide) groups is 1. The number of nitrogens with zero attached hydrogens (tertiary/aromatic N) is 4. The number of aryl methyl sites for hydroxylation is 1. The molecule has 146 valence electrons. The van der Waals surface area contributed by atoms with Gasteiger partial charge in [0.2, 0.25) is 0 Å². The third-order valence-corrected chi connectivity index (χ3v) is 5.84. The van der Waals surface area contributed by atoms with E-state index in [4.69, 9.17) is 4.99 Å². The number of rotatable bonds is 3. The average molecular weight is 411 g/mol. The molecule has 0 atom stereocenters. The van der Waals surface area contributed by atoms with Crippen LogP contribution in [0.4, 0.5) is 11.4 Å². The monoisotopic (exact) mass is 410 g/mol. The van der Waals surface area contributed by atoms with Crippen molar-refractivity contribution in [1.82, 2.24) is 9.78 Å². The molecule has 1 amide bonds. The summed E-state index contributed by atoms with van der Waals surface area (Å²) < 4.78 is 1.84. The minimum atomic E-state index is -0.0767. The molecule has 1 aromatic heterocycles. The first-order valence-corrected chi connectivity index (χ1v) is 10.4. The average Bonchev–Trinajstić information content (AvgIpc) is 3.29. The molecule has 30 heavy (non-hydrogen) atoms. The molecule has 4 aromatic rings. The zero-order chi connectivity index (χ0) is 20.5. The number of carbonyl (C=O) groups excluding carboxylic acids is 1. The van der Waals surface area contributed by atoms with Gasteiger partial charge in [-0.3, -0.25) is 14.4 Å². The number of aliphatic imine (C=N–C) groups is 1. The smallest absolute Gasteiger partial charge is 0.268 e. The summed E-state index contributed by atoms with van der Waals surface area (Å²) in [6.07, 6.45) is 3.75. The van der Waals surface area contributed by atoms with Crippen LogP contribution >= 0.6 is 11.8 Å². The van der Waals surface area contributed by atoms with Gasteiger partial charge in [-0.2, -0.15) is 5.10 Å². The van der Waals surface area contributed by atoms with Gasteiger partial charge in [0, 0.05) is 12.4 Å². The lowest BCUT2D eigenvalue weighted by Gasteiger charge is -2.15. The van der Waals surface area contributed by atoms with Crippen LogP contribution in [0.2, 0.25) is 0 Å². The molecule has 2 heterocycles. The Hall–Kier alpha value is -3.64. The molecular weight excluding hydrogens is 392 g/mol. The van der Waals surface area contributed by atoms with E-state index in [1.54, 1.807) is 4.90 Å². The molecule has 5 rings (SSSR count). The van der Waals surface area contributed by atoms with Gasteiger partial charge in [-0.15, -0.1) is 0 Å². The maximum Gasteiger partial charge on any atom is 0.271 e. The molecule has 0 unspecified atom stereocenters. The van der Waals surface area contributed by atoms with Gasteiger partial charge >= 0.3 is 0 Å². The highest BCUT2D eigenvalue weighted by atomic mass is 32.2. The molecule has 6 heteroatoms. The first-order valence-electron chi connectivity index (χ1n) is 9.53. The van der Waals surface area contributed by atoms with Crippen molar-refractivity contribution in [3.63, 3.8) is 0 Å². The Bertz CT molecular complexity index is 1290. The molecule has 1 aliphatic rings. The fourth-order valence-electron chi connectivity index (χ4n) is 3.39. The second-order valence-electron chi connectivity index (χ2n) is 6.90. The third kappa shape index (κ3) is 3.42. The maximum absolute atomic E-state index is 13.3. The van der Waals surface area contributed by atoms with Crippen LogP contribution in [0.15, 0.2) is 95.0 Å². The third-order valence-electron chi connectivity index (χ3n) is 4.87. The van der Waals surface area contributed by atoms with Crippen LogP contribution in [-0.4, -0.2) is 20.9 Å². The predicted molar refractivity (Wildman–Crippen MR) is 124 cm³/mol. The van der Waals surface area contributed by atoms with Gasteiger partial charge in [0.05, 0.1) is 28.0 Å². The molecule has 5 nitrogen and oxygen atoms in total. The number of para-hydroxylation sites is 2. The number of carbonyl (C=O) groups is 1. The van der Waals surface area contributed by atoms with Crippen molar-refractivity contribution >= 4 is 51.2 Å². The molecule has 0 bridgehead atoms. The summed E-state index contributed by atoms with van der Waals surface area (Å²) in [5.41, 5.74) is 3.63. The van der Waals surface area contributed by atoms with Gasteiger partial charge in [0.15, 0.2) is 5.17 Å². The fourth-order valence-corrected chi connectivity index (χ4v) is 4.39. The molecule has 3 aromatic carbocycles. The van der Waals surface area contributed by atoms with Crippen LogP contribution in [-0.2, 0) is 11.8 Å². The molecule has 0 aliphatic carbocycles. The Balaban J connectivity index is 1.57. The van der Waals surface area contributed by atoms with E-state index in [9.17, 15) is 4.79 Å². The number of amidine groups is 1. The number of anilines is 1. The van der Waals surface area contributed by atoms with Crippen molar-refractivity contribution in [2.45, 2.75) is 0 Å². The number of hydrogen-bond acceptors (Lipinski definition) is 4. The second kappa shape index (κ2) is 7.65. The Morgan fingerprint density at radius 3 is 2.47 bits per heavy atom. The molecule has 0 N–H and O–H groups in total. The van der Waals surface area contributed by atoms with Gasteiger partial charge in [-0.1, -0.05) is 42.5 Å². The van der Waals surface area contributed by atoms with Gasteiger partial charge < -0.3 is 0 Å². The first-order chi connectivity index (χ1) is 14.7. The van der Waals surface area contributed by atoms with Crippen LogP contribution in [0.1, 0.15) is 5.56 Å². The lowest BCUT2D eigenvalue weighted by molar-refractivity contribution is -0.113. The topological polar surface area (TPSA) is 50.5 Å². The highest BCUT2D eigenvalue weighted by Crippen LogP contribution is 2.37. The van der Waals surface area contributed by atoms with E-state index in [0.29, 0.717) is 10.1 Å². The molecule has 1 fully saturated rings. The second-order valence-corrected chi connectivity index (χ2v) is 7.91. The molecule has 0 saturated carbocycles. The van der Waals surface area contributed by atoms with Crippen LogP contribution in [0.25, 0.3) is 17.0 Å². The van der Waals surface area contributed by atoms with E-state index in [1.807, 2.05) is 103 Å². The van der Waals surface area contributed by atoms with Crippen molar-refractivity contribution < 1.29 is 4.79 Å². The van der Waals surface area contributed by atoms with Gasteiger partial charge in [-0.05, 0) is 59.8 Å². The Morgan fingerprint density at radius 1 is 0.967 bits per heavy atom. The number of amides is 1. The summed E-state index contributed by atoms with van der Waals surface area (Å²) in [6, 6.07) is 25.4. The molecule has 1 saturated heterocycles. The van der Waals surface area contributed by atoms with Gasteiger partial charge in [-0.25, -0.2) is 4.99 Å². The Morgan fingerprint density at radius 2 is 1.70 bits per heavy atom. The summed E-state index contributed by atoms with van der Waals surface area (Å²) in [7, 11) is 1.92. The molecule has 0 radical (unpaired) electrons. The number of hydrogen-bond donors (Lipinski definition) is 0. The minimum absolute atomic E-state index is 0.0767. The summed E-state index contributed by atoms with van der Waals surface area (Å²) in [4.78, 5) is 20.4. The van der Waals surface area contributed by atoms with E-state index < -0.39 is 0 Å². The van der Waals surface area contributed by atoms with Crippen LogP contribution in [0, 0.1) is 0 Å². The normalized spacial score (nSPS) is 16.8. The zero-order valence-corrected chi connectivity index (χ0v) is 17.1. The summed E-state index contributed by atoms with van der Waals surface area (Å²) >= 11 is 1.39. The first kappa shape index (κ1) is 18.4. The standard InChI is InChI=1S/C24H18N4OS/c1-27-21-13-12-17(14-18(21)16-25-27)15-22-23(29)28(20-10-6-3-7-11-20)24(30-22)26-19-8-4-2-5-9-19/h2-16H,1H3. The van der Waals surface area contributed by atoms with E-state index in [0.717, 1.165) is 27.8 Å². The lowest BCUT2D eigenvalue weighted by atomic mass is 10.1. The van der Waals surface area contributed by atoms with Crippen molar-refractivity contribution in [1.29, 1.82) is 0 Å². The van der Waals surface area contributed by atoms with Crippen molar-refractivity contribution in [3.8, 4) is 0 Å². The van der Waals surface area contributed by atoms with Gasteiger partial charge in [0.25, 0.3) is 5.91 Å². The van der Waals surface area contributed by atoms with Crippen LogP contribution in [0.3, 0.4) is 0 Å². The molecular formula is C24H18N4OS. The number of aromatic nitrogens is 2. The summed E-state index contributed by atoms with van der Waals surface area (Å²) in [5.74, 6) is -0.0767. The molecule has 1 aliphatic heterocycles. The minimum Gasteiger partial charge on any atom is -0.268 e. The fraction of sp³-hybridized carbons (Fsp3) is 0.0417. The maximum atomic E-state index is 13.3. The highest BCUT2D eigenvalue weighted by Gasteiger charge is 2.34. The quantitative estimate of drug-likeness (QED) is 0.426. The van der Waals surface area contributed by atoms with Gasteiger partial charge in [0.1, 0.15) is 0 Å². The SMILES string of the molecule is Cn1ncc2cc(C=C3SC(=Nc4ccccc4)N(c4ccccc4)C3=O)ccc21.